The van der Waals surface area contributed by atoms with Gasteiger partial charge in [0.25, 0.3) is 0 Å². The summed E-state index contributed by atoms with van der Waals surface area (Å²) in [6.07, 6.45) is 1.78. The van der Waals surface area contributed by atoms with Gasteiger partial charge in [0.05, 0.1) is 39.6 Å². The molecule has 0 unspecified atom stereocenters. The summed E-state index contributed by atoms with van der Waals surface area (Å²) in [6.45, 7) is 7.58. The zero-order valence-electron chi connectivity index (χ0n) is 22.2. The number of nitrogens with one attached hydrogen (secondary N) is 1. The molecule has 2 atom stereocenters. The van der Waals surface area contributed by atoms with E-state index in [1.807, 2.05) is 19.9 Å². The third kappa shape index (κ3) is 5.38. The van der Waals surface area contributed by atoms with Crippen LogP contribution in [0.3, 0.4) is 0 Å². The number of benzene rings is 2. The SMILES string of the molecule is COCCO[C@@H]1[C@@H](NC(=O)C(C)C)c2ccccc2C12CCN(Cc1cc(OC)cc(OC)c1)CC2. The summed E-state index contributed by atoms with van der Waals surface area (Å²) in [4.78, 5) is 15.3. The molecular formula is C29H40N2O5. The molecule has 1 heterocycles. The lowest BCUT2D eigenvalue weighted by Gasteiger charge is -2.44. The number of carbonyl (C=O) groups excluding carboxylic acids is 1. The summed E-state index contributed by atoms with van der Waals surface area (Å²) in [5.74, 6) is 1.57. The van der Waals surface area contributed by atoms with Gasteiger partial charge < -0.3 is 24.3 Å². The van der Waals surface area contributed by atoms with Crippen molar-refractivity contribution in [2.45, 2.75) is 50.8 Å². The lowest BCUT2D eigenvalue weighted by atomic mass is 9.71. The first-order valence-corrected chi connectivity index (χ1v) is 12.9. The predicted octanol–water partition coefficient (Wildman–Crippen LogP) is 4.10. The van der Waals surface area contributed by atoms with Crippen LogP contribution < -0.4 is 14.8 Å². The van der Waals surface area contributed by atoms with E-state index in [0.717, 1.165) is 44.0 Å². The molecule has 2 aromatic rings. The maximum Gasteiger partial charge on any atom is 0.223 e. The molecular weight excluding hydrogens is 456 g/mol. The Labute approximate surface area is 215 Å². The monoisotopic (exact) mass is 496 g/mol. The van der Waals surface area contributed by atoms with Crippen molar-refractivity contribution < 1.29 is 23.7 Å². The topological polar surface area (TPSA) is 69.3 Å². The lowest BCUT2D eigenvalue weighted by Crippen LogP contribution is -2.51. The molecule has 196 valence electrons. The van der Waals surface area contributed by atoms with Crippen molar-refractivity contribution in [1.29, 1.82) is 0 Å². The van der Waals surface area contributed by atoms with E-state index in [4.69, 9.17) is 18.9 Å². The van der Waals surface area contributed by atoms with Gasteiger partial charge in [-0.1, -0.05) is 38.1 Å². The minimum atomic E-state index is -0.165. The quantitative estimate of drug-likeness (QED) is 0.500. The molecule has 1 saturated heterocycles. The molecule has 0 aromatic heterocycles. The van der Waals surface area contributed by atoms with E-state index < -0.39 is 0 Å². The molecule has 0 saturated carbocycles. The van der Waals surface area contributed by atoms with Crippen molar-refractivity contribution in [2.24, 2.45) is 5.92 Å². The summed E-state index contributed by atoms with van der Waals surface area (Å²) in [7, 11) is 5.05. The number of nitrogens with zero attached hydrogens (tertiary/aromatic N) is 1. The number of rotatable bonds is 10. The summed E-state index contributed by atoms with van der Waals surface area (Å²) in [5, 5.41) is 3.31. The fourth-order valence-corrected chi connectivity index (χ4v) is 5.72. The Morgan fingerprint density at radius 1 is 1.03 bits per heavy atom. The molecule has 1 spiro atoms. The molecule has 2 aromatic carbocycles. The number of piperidine rings is 1. The summed E-state index contributed by atoms with van der Waals surface area (Å²) >= 11 is 0. The molecule has 1 aliphatic heterocycles. The van der Waals surface area contributed by atoms with E-state index in [2.05, 4.69) is 46.6 Å². The number of amides is 1. The van der Waals surface area contributed by atoms with Gasteiger partial charge in [0.15, 0.2) is 0 Å². The second-order valence-electron chi connectivity index (χ2n) is 10.2. The molecule has 1 amide bonds. The van der Waals surface area contributed by atoms with Gasteiger partial charge in [-0.15, -0.1) is 0 Å². The Hall–Kier alpha value is -2.61. The third-order valence-corrected chi connectivity index (χ3v) is 7.65. The number of hydrogen-bond acceptors (Lipinski definition) is 6. The molecule has 2 aliphatic rings. The minimum absolute atomic E-state index is 0.0524. The van der Waals surface area contributed by atoms with Crippen LogP contribution in [0.5, 0.6) is 11.5 Å². The summed E-state index contributed by atoms with van der Waals surface area (Å²) in [6, 6.07) is 14.4. The number of methoxy groups -OCH3 is 3. The minimum Gasteiger partial charge on any atom is -0.497 e. The van der Waals surface area contributed by atoms with Gasteiger partial charge in [0, 0.05) is 31.1 Å². The smallest absolute Gasteiger partial charge is 0.223 e. The fourth-order valence-electron chi connectivity index (χ4n) is 5.72. The van der Waals surface area contributed by atoms with Crippen LogP contribution in [0.15, 0.2) is 42.5 Å². The second kappa shape index (κ2) is 11.6. The number of likely N-dealkylation sites (tertiary alicyclic amines) is 1. The molecule has 1 fully saturated rings. The van der Waals surface area contributed by atoms with Crippen LogP contribution >= 0.6 is 0 Å². The van der Waals surface area contributed by atoms with Crippen molar-refractivity contribution in [1.82, 2.24) is 10.2 Å². The van der Waals surface area contributed by atoms with Crippen molar-refractivity contribution >= 4 is 5.91 Å². The number of hydrogen-bond donors (Lipinski definition) is 1. The van der Waals surface area contributed by atoms with E-state index in [9.17, 15) is 4.79 Å². The zero-order chi connectivity index (χ0) is 25.7. The van der Waals surface area contributed by atoms with Crippen LogP contribution in [0.2, 0.25) is 0 Å². The van der Waals surface area contributed by atoms with Gasteiger partial charge in [-0.3, -0.25) is 9.69 Å². The van der Waals surface area contributed by atoms with Crippen molar-refractivity contribution in [2.75, 3.05) is 47.6 Å². The first-order chi connectivity index (χ1) is 17.4. The summed E-state index contributed by atoms with van der Waals surface area (Å²) < 4.78 is 22.8. The second-order valence-corrected chi connectivity index (χ2v) is 10.2. The number of carbonyl (C=O) groups is 1. The van der Waals surface area contributed by atoms with Crippen molar-refractivity contribution in [3.8, 4) is 11.5 Å². The molecule has 1 aliphatic carbocycles. The number of fused-ring (bicyclic) bond motifs is 2. The Morgan fingerprint density at radius 2 is 1.69 bits per heavy atom. The maximum absolute atomic E-state index is 12.8. The van der Waals surface area contributed by atoms with Gasteiger partial charge in [-0.2, -0.15) is 0 Å². The molecule has 36 heavy (non-hydrogen) atoms. The van der Waals surface area contributed by atoms with Crippen molar-refractivity contribution in [3.63, 3.8) is 0 Å². The number of ether oxygens (including phenoxy) is 4. The molecule has 0 radical (unpaired) electrons. The van der Waals surface area contributed by atoms with E-state index in [1.165, 1.54) is 16.7 Å². The summed E-state index contributed by atoms with van der Waals surface area (Å²) in [5.41, 5.74) is 3.51. The van der Waals surface area contributed by atoms with E-state index in [-0.39, 0.29) is 29.4 Å². The fraction of sp³-hybridized carbons (Fsp3) is 0.552. The van der Waals surface area contributed by atoms with Gasteiger partial charge in [0.1, 0.15) is 11.5 Å². The van der Waals surface area contributed by atoms with Crippen LogP contribution in [0.4, 0.5) is 0 Å². The first-order valence-electron chi connectivity index (χ1n) is 12.9. The highest BCUT2D eigenvalue weighted by atomic mass is 16.5. The maximum atomic E-state index is 12.8. The molecule has 0 bridgehead atoms. The van der Waals surface area contributed by atoms with Crippen LogP contribution in [-0.2, 0) is 26.2 Å². The first kappa shape index (κ1) is 26.5. The van der Waals surface area contributed by atoms with Gasteiger partial charge in [-0.05, 0) is 54.8 Å². The average Bonchev–Trinajstić information content (AvgIpc) is 3.13. The Bertz CT molecular complexity index is 1010. The largest absolute Gasteiger partial charge is 0.497 e. The highest BCUT2D eigenvalue weighted by Crippen LogP contribution is 2.52. The Morgan fingerprint density at radius 3 is 2.31 bits per heavy atom. The zero-order valence-corrected chi connectivity index (χ0v) is 22.2. The Kier molecular flexibility index (Phi) is 8.54. The van der Waals surface area contributed by atoms with Crippen molar-refractivity contribution in [3.05, 3.63) is 59.2 Å². The van der Waals surface area contributed by atoms with Gasteiger partial charge in [-0.25, -0.2) is 0 Å². The van der Waals surface area contributed by atoms with E-state index >= 15 is 0 Å². The average molecular weight is 497 g/mol. The highest BCUT2D eigenvalue weighted by molar-refractivity contribution is 5.78. The van der Waals surface area contributed by atoms with Crippen LogP contribution in [0, 0.1) is 5.92 Å². The highest BCUT2D eigenvalue weighted by Gasteiger charge is 2.54. The predicted molar refractivity (Wildman–Crippen MR) is 140 cm³/mol. The molecule has 4 rings (SSSR count). The Balaban J connectivity index is 1.57. The van der Waals surface area contributed by atoms with E-state index in [0.29, 0.717) is 13.2 Å². The van der Waals surface area contributed by atoms with Gasteiger partial charge >= 0.3 is 0 Å². The standard InChI is InChI=1S/C29H40N2O5/c1-20(2)28(32)30-26-24-8-6-7-9-25(24)29(27(26)36-15-14-33-3)10-12-31(13-11-29)19-21-16-22(34-4)18-23(17-21)35-5/h6-9,16-18,20,26-27H,10-15,19H2,1-5H3,(H,30,32)/t26-,27+/m0/s1. The van der Waals surface area contributed by atoms with E-state index in [1.54, 1.807) is 21.3 Å². The molecule has 7 heteroatoms. The van der Waals surface area contributed by atoms with Crippen LogP contribution in [0.1, 0.15) is 49.4 Å². The molecule has 7 nitrogen and oxygen atoms in total. The molecule has 1 N–H and O–H groups in total. The normalized spacial score (nSPS) is 20.9. The lowest BCUT2D eigenvalue weighted by molar-refractivity contribution is -0.127. The third-order valence-electron chi connectivity index (χ3n) is 7.65. The van der Waals surface area contributed by atoms with Crippen LogP contribution in [0.25, 0.3) is 0 Å². The van der Waals surface area contributed by atoms with Crippen LogP contribution in [-0.4, -0.2) is 64.5 Å². The van der Waals surface area contributed by atoms with Gasteiger partial charge in [0.2, 0.25) is 5.91 Å².